The van der Waals surface area contributed by atoms with E-state index >= 15 is 0 Å². The molecular weight excluding hydrogens is 773 g/mol. The first-order valence-corrected chi connectivity index (χ1v) is 23.4. The van der Waals surface area contributed by atoms with Crippen LogP contribution in [0.5, 0.6) is 0 Å². The maximum Gasteiger partial charge on any atom is 0.306 e. The summed E-state index contributed by atoms with van der Waals surface area (Å²) in [6.45, 7) is 3.59. The van der Waals surface area contributed by atoms with E-state index in [0.29, 0.717) is 23.9 Å². The molecule has 0 aromatic carbocycles. The molecule has 0 aliphatic carbocycles. The van der Waals surface area contributed by atoms with Gasteiger partial charge >= 0.3 is 11.9 Å². The van der Waals surface area contributed by atoms with Crippen molar-refractivity contribution in [1.29, 1.82) is 0 Å². The summed E-state index contributed by atoms with van der Waals surface area (Å²) in [5.41, 5.74) is 0. The highest BCUT2D eigenvalue weighted by molar-refractivity contribution is 7.45. The van der Waals surface area contributed by atoms with Crippen molar-refractivity contribution in [2.75, 3.05) is 47.5 Å². The molecule has 1 unspecified atom stereocenters. The lowest BCUT2D eigenvalue weighted by atomic mass is 10.1. The highest BCUT2D eigenvalue weighted by atomic mass is 31.2. The molecule has 0 rings (SSSR count). The van der Waals surface area contributed by atoms with E-state index in [4.69, 9.17) is 18.5 Å². The van der Waals surface area contributed by atoms with Gasteiger partial charge < -0.3 is 43.2 Å². The van der Waals surface area contributed by atoms with Crippen molar-refractivity contribution in [2.45, 2.75) is 160 Å². The molecule has 0 aliphatic heterocycles. The molecule has 0 spiro atoms. The molecule has 0 aromatic heterocycles. The van der Waals surface area contributed by atoms with Gasteiger partial charge in [0.25, 0.3) is 7.82 Å². The Balaban J connectivity index is 4.73. The number of carbonyl (C=O) groups is 2. The van der Waals surface area contributed by atoms with Crippen molar-refractivity contribution >= 4 is 19.8 Å². The number of carbonyl (C=O) groups excluding carboxylic acids is 2. The van der Waals surface area contributed by atoms with Crippen molar-refractivity contribution in [3.63, 3.8) is 0 Å². The molecule has 0 radical (unpaired) electrons. The van der Waals surface area contributed by atoms with Crippen LogP contribution in [0.25, 0.3) is 0 Å². The van der Waals surface area contributed by atoms with Crippen LogP contribution in [0.15, 0.2) is 72.9 Å². The van der Waals surface area contributed by atoms with Crippen LogP contribution in [0.2, 0.25) is 0 Å². The Morgan fingerprint density at radius 3 is 1.88 bits per heavy atom. The van der Waals surface area contributed by atoms with Crippen molar-refractivity contribution in [3.8, 4) is 0 Å². The SMILES string of the molecule is CC/C=C\C[C@H](O)/C=C/C=C/C=C\C=C/[C@@H](O)[C@H](O)CCCC(=O)O[C@H](COC(=O)CCCCCCC/C=C\CCCCCCCC)COP(=O)([O-])OCC[N+](C)(C)C. The van der Waals surface area contributed by atoms with Gasteiger partial charge in [0.05, 0.1) is 46.1 Å². The first-order chi connectivity index (χ1) is 28.2. The lowest BCUT2D eigenvalue weighted by molar-refractivity contribution is -0.870. The zero-order valence-corrected chi connectivity index (χ0v) is 37.9. The number of aliphatic hydroxyl groups excluding tert-OH is 3. The third-order valence-electron chi connectivity index (χ3n) is 9.05. The summed E-state index contributed by atoms with van der Waals surface area (Å²) in [4.78, 5) is 37.6. The number of phosphoric acid groups is 1. The molecule has 12 nitrogen and oxygen atoms in total. The molecule has 13 heteroatoms. The van der Waals surface area contributed by atoms with Crippen molar-refractivity contribution in [1.82, 2.24) is 0 Å². The van der Waals surface area contributed by atoms with E-state index in [0.717, 1.165) is 44.9 Å². The number of unbranched alkanes of at least 4 members (excludes halogenated alkanes) is 11. The van der Waals surface area contributed by atoms with E-state index in [-0.39, 0.29) is 32.3 Å². The van der Waals surface area contributed by atoms with Crippen LogP contribution in [-0.4, -0.2) is 104 Å². The number of allylic oxidation sites excluding steroid dienone is 9. The van der Waals surface area contributed by atoms with E-state index in [1.807, 2.05) is 40.2 Å². The van der Waals surface area contributed by atoms with Gasteiger partial charge in [-0.2, -0.15) is 0 Å². The smallest absolute Gasteiger partial charge is 0.306 e. The van der Waals surface area contributed by atoms with Crippen LogP contribution in [0.3, 0.4) is 0 Å². The Labute approximate surface area is 356 Å². The number of hydrogen-bond acceptors (Lipinski definition) is 11. The Morgan fingerprint density at radius 2 is 1.25 bits per heavy atom. The van der Waals surface area contributed by atoms with Crippen molar-refractivity contribution < 1.29 is 57.4 Å². The van der Waals surface area contributed by atoms with Gasteiger partial charge in [0.15, 0.2) is 6.10 Å². The molecule has 340 valence electrons. The molecule has 5 atom stereocenters. The standard InChI is InChI=1S/C46H80NO11P/c1-6-8-10-11-12-13-14-15-16-17-18-19-20-25-29-35-45(51)55-39-42(40-57-59(53,54)56-38-37-47(3,4)5)58-46(52)36-30-34-44(50)43(49)33-28-24-22-21-23-27-32-41(48)31-26-9-7-2/h9,15-16,21-24,26-28,32-33,41-44,48-50H,6-8,10-14,17-20,25,29-31,34-40H2,1-5H3/b16-15-,23-21+,24-22-,26-9-,32-27+,33-28-/t41-,42+,43+,44+/m0/s1. The second-order valence-corrected chi connectivity index (χ2v) is 17.3. The molecule has 0 saturated heterocycles. The van der Waals surface area contributed by atoms with Gasteiger partial charge in [0.1, 0.15) is 19.8 Å². The van der Waals surface area contributed by atoms with Crippen molar-refractivity contribution in [3.05, 3.63) is 72.9 Å². The fourth-order valence-electron chi connectivity index (χ4n) is 5.46. The summed E-state index contributed by atoms with van der Waals surface area (Å²) in [6, 6.07) is 0. The zero-order valence-electron chi connectivity index (χ0n) is 37.0. The second kappa shape index (κ2) is 37.1. The van der Waals surface area contributed by atoms with E-state index in [9.17, 15) is 34.4 Å². The fourth-order valence-corrected chi connectivity index (χ4v) is 6.19. The van der Waals surface area contributed by atoms with Gasteiger partial charge in [0, 0.05) is 12.8 Å². The number of hydrogen-bond donors (Lipinski definition) is 3. The number of ether oxygens (including phenoxy) is 2. The molecular formula is C46H80NO11P. The monoisotopic (exact) mass is 854 g/mol. The van der Waals surface area contributed by atoms with Crippen molar-refractivity contribution in [2.24, 2.45) is 0 Å². The molecule has 0 fully saturated rings. The molecule has 0 heterocycles. The van der Waals surface area contributed by atoms with Gasteiger partial charge in [-0.3, -0.25) is 14.2 Å². The number of esters is 2. The average molecular weight is 854 g/mol. The predicted molar refractivity (Wildman–Crippen MR) is 235 cm³/mol. The van der Waals surface area contributed by atoms with Crippen LogP contribution in [0.4, 0.5) is 0 Å². The maximum absolute atomic E-state index is 12.7. The van der Waals surface area contributed by atoms with E-state index < -0.39 is 57.4 Å². The zero-order chi connectivity index (χ0) is 44.0. The average Bonchev–Trinajstić information content (AvgIpc) is 3.17. The first-order valence-electron chi connectivity index (χ1n) is 22.0. The Morgan fingerprint density at radius 1 is 0.678 bits per heavy atom. The van der Waals surface area contributed by atoms with E-state index in [1.165, 1.54) is 44.6 Å². The van der Waals surface area contributed by atoms with Gasteiger partial charge in [-0.15, -0.1) is 0 Å². The number of phosphoric ester groups is 1. The largest absolute Gasteiger partial charge is 0.756 e. The Bertz CT molecular complexity index is 1290. The minimum Gasteiger partial charge on any atom is -0.756 e. The third-order valence-corrected chi connectivity index (χ3v) is 10.0. The molecule has 0 aliphatic rings. The van der Waals surface area contributed by atoms with Crippen LogP contribution >= 0.6 is 7.82 Å². The van der Waals surface area contributed by atoms with Crippen LogP contribution in [0, 0.1) is 0 Å². The van der Waals surface area contributed by atoms with E-state index in [1.54, 1.807) is 42.5 Å². The predicted octanol–water partition coefficient (Wildman–Crippen LogP) is 8.52. The number of likely N-dealkylation sites (N-methyl/N-ethyl adjacent to an activating group) is 1. The topological polar surface area (TPSA) is 172 Å². The molecule has 0 bridgehead atoms. The lowest BCUT2D eigenvalue weighted by Crippen LogP contribution is -2.37. The summed E-state index contributed by atoms with van der Waals surface area (Å²) in [5.74, 6) is -1.18. The molecule has 0 aromatic rings. The van der Waals surface area contributed by atoms with Crippen LogP contribution < -0.4 is 4.89 Å². The Kier molecular flexibility index (Phi) is 35.4. The number of rotatable bonds is 38. The van der Waals surface area contributed by atoms with E-state index in [2.05, 4.69) is 19.1 Å². The highest BCUT2D eigenvalue weighted by Crippen LogP contribution is 2.38. The number of quaternary nitrogens is 1. The number of nitrogens with zero attached hydrogens (tertiary/aromatic N) is 1. The molecule has 0 saturated carbocycles. The number of aliphatic hydroxyl groups is 3. The minimum absolute atomic E-state index is 0.0901. The quantitative estimate of drug-likeness (QED) is 0.0136. The first kappa shape index (κ1) is 56.3. The maximum atomic E-state index is 12.7. The lowest BCUT2D eigenvalue weighted by Gasteiger charge is -2.28. The van der Waals surface area contributed by atoms with Gasteiger partial charge in [0.2, 0.25) is 0 Å². The second-order valence-electron chi connectivity index (χ2n) is 15.9. The normalized spacial score (nSPS) is 15.9. The fraction of sp³-hybridized carbons (Fsp3) is 0.696. The van der Waals surface area contributed by atoms with Gasteiger partial charge in [-0.1, -0.05) is 138 Å². The molecule has 3 N–H and O–H groups in total. The Hall–Kier alpha value is -2.67. The molecule has 0 amide bonds. The summed E-state index contributed by atoms with van der Waals surface area (Å²) in [7, 11) is 0.930. The highest BCUT2D eigenvalue weighted by Gasteiger charge is 2.22. The summed E-state index contributed by atoms with van der Waals surface area (Å²) in [6.07, 6.45) is 34.5. The van der Waals surface area contributed by atoms with Crippen LogP contribution in [0.1, 0.15) is 136 Å². The third kappa shape index (κ3) is 39.2. The summed E-state index contributed by atoms with van der Waals surface area (Å²) in [5, 5.41) is 30.5. The van der Waals surface area contributed by atoms with Gasteiger partial charge in [-0.25, -0.2) is 0 Å². The van der Waals surface area contributed by atoms with Crippen LogP contribution in [-0.2, 0) is 32.7 Å². The molecule has 59 heavy (non-hydrogen) atoms. The summed E-state index contributed by atoms with van der Waals surface area (Å²) < 4.78 is 33.6. The van der Waals surface area contributed by atoms with Gasteiger partial charge in [-0.05, 0) is 57.8 Å². The summed E-state index contributed by atoms with van der Waals surface area (Å²) >= 11 is 0. The minimum atomic E-state index is -4.73.